The van der Waals surface area contributed by atoms with Crippen molar-refractivity contribution in [2.24, 2.45) is 0 Å². The van der Waals surface area contributed by atoms with Crippen LogP contribution in [0.1, 0.15) is 21.6 Å². The topological polar surface area (TPSA) is 58.9 Å². The maximum absolute atomic E-state index is 12.7. The third-order valence-electron chi connectivity index (χ3n) is 4.83. The molecule has 0 bridgehead atoms. The van der Waals surface area contributed by atoms with Gasteiger partial charge in [0.2, 0.25) is 0 Å². The van der Waals surface area contributed by atoms with Crippen LogP contribution < -0.4 is 15.0 Å². The number of imidazole rings is 1. The van der Waals surface area contributed by atoms with E-state index in [1.807, 2.05) is 90.4 Å². The molecular formula is C24H24N4O2. The molecule has 0 fully saturated rings. The fourth-order valence-electron chi connectivity index (χ4n) is 3.18. The summed E-state index contributed by atoms with van der Waals surface area (Å²) in [4.78, 5) is 19.3. The Kier molecular flexibility index (Phi) is 5.66. The minimum atomic E-state index is -0.169. The van der Waals surface area contributed by atoms with E-state index in [0.29, 0.717) is 17.9 Å². The number of nitrogens with one attached hydrogen (secondary N) is 1. The highest BCUT2D eigenvalue weighted by Gasteiger charge is 2.13. The summed E-state index contributed by atoms with van der Waals surface area (Å²) >= 11 is 0. The first-order valence-corrected chi connectivity index (χ1v) is 9.79. The Labute approximate surface area is 175 Å². The number of rotatable bonds is 7. The molecule has 0 aliphatic heterocycles. The van der Waals surface area contributed by atoms with E-state index in [2.05, 4.69) is 10.3 Å². The molecule has 0 aliphatic carbocycles. The van der Waals surface area contributed by atoms with Crippen LogP contribution in [-0.4, -0.2) is 29.4 Å². The first-order chi connectivity index (χ1) is 14.6. The molecule has 0 radical (unpaired) electrons. The van der Waals surface area contributed by atoms with Crippen LogP contribution in [0.3, 0.4) is 0 Å². The van der Waals surface area contributed by atoms with Crippen LogP contribution in [0, 0.1) is 0 Å². The molecule has 152 valence electrons. The zero-order valence-electron chi connectivity index (χ0n) is 17.1. The Morgan fingerprint density at radius 2 is 1.80 bits per heavy atom. The molecule has 2 aromatic heterocycles. The largest absolute Gasteiger partial charge is 0.486 e. The summed E-state index contributed by atoms with van der Waals surface area (Å²) in [6.45, 7) is 0.741. The van der Waals surface area contributed by atoms with Gasteiger partial charge >= 0.3 is 0 Å². The highest BCUT2D eigenvalue weighted by Crippen LogP contribution is 2.20. The highest BCUT2D eigenvalue weighted by molar-refractivity contribution is 5.96. The number of amides is 1. The lowest BCUT2D eigenvalue weighted by Crippen LogP contribution is -2.23. The van der Waals surface area contributed by atoms with Crippen LogP contribution in [0.25, 0.3) is 5.65 Å². The van der Waals surface area contributed by atoms with Crippen molar-refractivity contribution in [3.05, 3.63) is 95.9 Å². The molecule has 30 heavy (non-hydrogen) atoms. The fourth-order valence-corrected chi connectivity index (χ4v) is 3.18. The van der Waals surface area contributed by atoms with E-state index in [9.17, 15) is 4.79 Å². The van der Waals surface area contributed by atoms with E-state index in [0.717, 1.165) is 22.6 Å². The summed E-state index contributed by atoms with van der Waals surface area (Å²) in [7, 11) is 4.00. The molecule has 6 nitrogen and oxygen atoms in total. The summed E-state index contributed by atoms with van der Waals surface area (Å²) in [5.74, 6) is 0.368. The predicted molar refractivity (Wildman–Crippen MR) is 118 cm³/mol. The van der Waals surface area contributed by atoms with E-state index < -0.39 is 0 Å². The first kappa shape index (κ1) is 19.5. The Bertz CT molecular complexity index is 1120. The first-order valence-electron chi connectivity index (χ1n) is 9.79. The van der Waals surface area contributed by atoms with Crippen molar-refractivity contribution < 1.29 is 9.53 Å². The van der Waals surface area contributed by atoms with Gasteiger partial charge in [0.25, 0.3) is 5.91 Å². The molecule has 4 aromatic rings. The third-order valence-corrected chi connectivity index (χ3v) is 4.83. The maximum Gasteiger partial charge on any atom is 0.255 e. The number of aromatic nitrogens is 2. The number of anilines is 1. The average molecular weight is 400 g/mol. The van der Waals surface area contributed by atoms with E-state index in [1.54, 1.807) is 12.1 Å². The Balaban J connectivity index is 1.41. The van der Waals surface area contributed by atoms with Crippen molar-refractivity contribution >= 4 is 17.2 Å². The van der Waals surface area contributed by atoms with Gasteiger partial charge in [-0.15, -0.1) is 0 Å². The number of hydrogen-bond donors (Lipinski definition) is 1. The second kappa shape index (κ2) is 8.69. The number of ether oxygens (including phenoxy) is 1. The van der Waals surface area contributed by atoms with Crippen molar-refractivity contribution in [1.82, 2.24) is 14.7 Å². The SMILES string of the molecule is CN(C)c1ccc(CNC(=O)c2ccccc2OCc2cn3ccccc3n2)cc1. The summed E-state index contributed by atoms with van der Waals surface area (Å²) in [5, 5.41) is 2.97. The predicted octanol–water partition coefficient (Wildman–Crippen LogP) is 3.91. The molecular weight excluding hydrogens is 376 g/mol. The van der Waals surface area contributed by atoms with Crippen LogP contribution in [0.15, 0.2) is 79.1 Å². The lowest BCUT2D eigenvalue weighted by atomic mass is 10.1. The van der Waals surface area contributed by atoms with Gasteiger partial charge in [-0.25, -0.2) is 4.98 Å². The molecule has 2 aromatic carbocycles. The van der Waals surface area contributed by atoms with Crippen molar-refractivity contribution in [2.45, 2.75) is 13.2 Å². The maximum atomic E-state index is 12.7. The monoisotopic (exact) mass is 400 g/mol. The van der Waals surface area contributed by atoms with E-state index in [-0.39, 0.29) is 12.5 Å². The van der Waals surface area contributed by atoms with Crippen molar-refractivity contribution in [2.75, 3.05) is 19.0 Å². The van der Waals surface area contributed by atoms with Crippen LogP contribution in [0.5, 0.6) is 5.75 Å². The van der Waals surface area contributed by atoms with Gasteiger partial charge in [-0.1, -0.05) is 30.3 Å². The molecule has 2 heterocycles. The van der Waals surface area contributed by atoms with Crippen LogP contribution in [0.2, 0.25) is 0 Å². The van der Waals surface area contributed by atoms with Crippen molar-refractivity contribution in [1.29, 1.82) is 0 Å². The van der Waals surface area contributed by atoms with Gasteiger partial charge in [0, 0.05) is 38.7 Å². The zero-order chi connectivity index (χ0) is 20.9. The lowest BCUT2D eigenvalue weighted by Gasteiger charge is -2.13. The molecule has 1 N–H and O–H groups in total. The number of nitrogens with zero attached hydrogens (tertiary/aromatic N) is 3. The summed E-state index contributed by atoms with van der Waals surface area (Å²) in [5.41, 5.74) is 4.33. The number of benzene rings is 2. The minimum absolute atomic E-state index is 0.169. The number of fused-ring (bicyclic) bond motifs is 1. The second-order valence-corrected chi connectivity index (χ2v) is 7.23. The van der Waals surface area contributed by atoms with Crippen LogP contribution in [-0.2, 0) is 13.2 Å². The number of para-hydroxylation sites is 1. The summed E-state index contributed by atoms with van der Waals surface area (Å²) in [6.07, 6.45) is 3.87. The molecule has 0 unspecified atom stereocenters. The Hall–Kier alpha value is -3.80. The summed E-state index contributed by atoms with van der Waals surface area (Å²) in [6, 6.07) is 21.2. The van der Waals surface area contributed by atoms with Crippen molar-refractivity contribution in [3.8, 4) is 5.75 Å². The van der Waals surface area contributed by atoms with Gasteiger partial charge in [0.15, 0.2) is 0 Å². The molecule has 0 atom stereocenters. The average Bonchev–Trinajstić information content (AvgIpc) is 3.19. The third kappa shape index (κ3) is 4.43. The molecule has 1 amide bonds. The molecule has 0 saturated carbocycles. The number of carbonyl (C=O) groups is 1. The smallest absolute Gasteiger partial charge is 0.255 e. The number of carbonyl (C=O) groups excluding carboxylic acids is 1. The molecule has 0 aliphatic rings. The van der Waals surface area contributed by atoms with Gasteiger partial charge in [0.05, 0.1) is 11.3 Å². The van der Waals surface area contributed by atoms with Gasteiger partial charge in [-0.3, -0.25) is 4.79 Å². The van der Waals surface area contributed by atoms with Gasteiger partial charge in [-0.05, 0) is 42.0 Å². The summed E-state index contributed by atoms with van der Waals surface area (Å²) < 4.78 is 7.87. The van der Waals surface area contributed by atoms with E-state index in [4.69, 9.17) is 4.74 Å². The molecule has 6 heteroatoms. The standard InChI is InChI=1S/C24H24N4O2/c1-27(2)20-12-10-18(11-13-20)15-25-24(29)21-7-3-4-8-22(21)30-17-19-16-28-14-6-5-9-23(28)26-19/h3-14,16H,15,17H2,1-2H3,(H,25,29). The van der Waals surface area contributed by atoms with Crippen molar-refractivity contribution in [3.63, 3.8) is 0 Å². The normalized spacial score (nSPS) is 10.7. The lowest BCUT2D eigenvalue weighted by molar-refractivity contribution is 0.0946. The van der Waals surface area contributed by atoms with Gasteiger partial charge < -0.3 is 19.4 Å². The second-order valence-electron chi connectivity index (χ2n) is 7.23. The van der Waals surface area contributed by atoms with Gasteiger partial charge in [-0.2, -0.15) is 0 Å². The highest BCUT2D eigenvalue weighted by atomic mass is 16.5. The minimum Gasteiger partial charge on any atom is -0.486 e. The molecule has 4 rings (SSSR count). The number of pyridine rings is 1. The quantitative estimate of drug-likeness (QED) is 0.511. The molecule has 0 spiro atoms. The van der Waals surface area contributed by atoms with Crippen LogP contribution in [0.4, 0.5) is 5.69 Å². The van der Waals surface area contributed by atoms with E-state index >= 15 is 0 Å². The Morgan fingerprint density at radius 1 is 1.03 bits per heavy atom. The zero-order valence-corrected chi connectivity index (χ0v) is 17.1. The Morgan fingerprint density at radius 3 is 2.57 bits per heavy atom. The fraction of sp³-hybridized carbons (Fsp3) is 0.167. The van der Waals surface area contributed by atoms with E-state index in [1.165, 1.54) is 0 Å². The number of hydrogen-bond acceptors (Lipinski definition) is 4. The van der Waals surface area contributed by atoms with Crippen LogP contribution >= 0.6 is 0 Å². The molecule has 0 saturated heterocycles. The van der Waals surface area contributed by atoms with Gasteiger partial charge in [0.1, 0.15) is 18.0 Å².